The van der Waals surface area contributed by atoms with Gasteiger partial charge in [0.05, 0.1) is 6.10 Å². The molecular weight excluding hydrogens is 208 g/mol. The predicted octanol–water partition coefficient (Wildman–Crippen LogP) is 3.59. The summed E-state index contributed by atoms with van der Waals surface area (Å²) in [5, 5.41) is 10.0. The lowest BCUT2D eigenvalue weighted by atomic mass is 9.77. The minimum atomic E-state index is -0.0861. The lowest BCUT2D eigenvalue weighted by Gasteiger charge is -2.31. The largest absolute Gasteiger partial charge is 0.393 e. The van der Waals surface area contributed by atoms with E-state index >= 15 is 0 Å². The van der Waals surface area contributed by atoms with Gasteiger partial charge in [-0.25, -0.2) is 0 Å². The number of aliphatic hydroxyl groups excluding tert-OH is 1. The van der Waals surface area contributed by atoms with E-state index in [9.17, 15) is 5.11 Å². The molecule has 0 spiro atoms. The number of aliphatic hydroxyl groups is 1. The summed E-state index contributed by atoms with van der Waals surface area (Å²) in [6, 6.07) is 8.89. The van der Waals surface area contributed by atoms with E-state index in [0.29, 0.717) is 5.92 Å². The first-order valence-electron chi connectivity index (χ1n) is 6.95. The van der Waals surface area contributed by atoms with Crippen LogP contribution in [0.2, 0.25) is 0 Å². The van der Waals surface area contributed by atoms with Crippen molar-refractivity contribution in [3.63, 3.8) is 0 Å². The van der Waals surface area contributed by atoms with Crippen molar-refractivity contribution in [1.82, 2.24) is 0 Å². The lowest BCUT2D eigenvalue weighted by molar-refractivity contribution is 0.0519. The van der Waals surface area contributed by atoms with Gasteiger partial charge in [-0.15, -0.1) is 0 Å². The minimum Gasteiger partial charge on any atom is -0.393 e. The first kappa shape index (κ1) is 12.6. The lowest BCUT2D eigenvalue weighted by Crippen LogP contribution is -2.29. The van der Waals surface area contributed by atoms with Crippen LogP contribution in [0.4, 0.5) is 0 Å². The molecule has 1 aliphatic carbocycles. The number of aryl methyl sites for hydroxylation is 1. The molecule has 1 saturated carbocycles. The number of rotatable bonds is 3. The molecule has 0 aliphatic heterocycles. The van der Waals surface area contributed by atoms with Crippen molar-refractivity contribution < 1.29 is 5.11 Å². The van der Waals surface area contributed by atoms with Crippen LogP contribution in [0.5, 0.6) is 0 Å². The Kier molecular flexibility index (Phi) is 4.22. The first-order chi connectivity index (χ1) is 8.19. The zero-order valence-electron chi connectivity index (χ0n) is 11.0. The van der Waals surface area contributed by atoms with E-state index in [-0.39, 0.29) is 6.10 Å². The van der Waals surface area contributed by atoms with E-state index in [1.165, 1.54) is 24.0 Å². The van der Waals surface area contributed by atoms with Crippen molar-refractivity contribution in [2.75, 3.05) is 0 Å². The van der Waals surface area contributed by atoms with Gasteiger partial charge in [-0.3, -0.25) is 0 Å². The summed E-state index contributed by atoms with van der Waals surface area (Å²) in [7, 11) is 0. The molecule has 0 aromatic heterocycles. The van der Waals surface area contributed by atoms with Gasteiger partial charge in [0, 0.05) is 0 Å². The van der Waals surface area contributed by atoms with Gasteiger partial charge in [0.15, 0.2) is 0 Å². The SMILES string of the molecule is CCc1ccc(CC2CC(C)CCC2O)cc1. The van der Waals surface area contributed by atoms with Crippen LogP contribution >= 0.6 is 0 Å². The zero-order valence-corrected chi connectivity index (χ0v) is 11.0. The molecule has 0 bridgehead atoms. The summed E-state index contributed by atoms with van der Waals surface area (Å²) in [6.07, 6.45) is 5.40. The Balaban J connectivity index is 1.98. The van der Waals surface area contributed by atoms with Crippen LogP contribution in [0.15, 0.2) is 24.3 Å². The maximum atomic E-state index is 10.0. The molecule has 0 saturated heterocycles. The van der Waals surface area contributed by atoms with Gasteiger partial charge < -0.3 is 5.11 Å². The molecule has 1 nitrogen and oxygen atoms in total. The topological polar surface area (TPSA) is 20.2 Å². The molecule has 1 heteroatoms. The maximum absolute atomic E-state index is 10.0. The van der Waals surface area contributed by atoms with E-state index < -0.39 is 0 Å². The van der Waals surface area contributed by atoms with Gasteiger partial charge in [0.1, 0.15) is 0 Å². The highest BCUT2D eigenvalue weighted by atomic mass is 16.3. The summed E-state index contributed by atoms with van der Waals surface area (Å²) in [4.78, 5) is 0. The summed E-state index contributed by atoms with van der Waals surface area (Å²) in [5.41, 5.74) is 2.77. The molecule has 1 aliphatic rings. The van der Waals surface area contributed by atoms with Crippen molar-refractivity contribution in [3.05, 3.63) is 35.4 Å². The fourth-order valence-corrected chi connectivity index (χ4v) is 2.92. The summed E-state index contributed by atoms with van der Waals surface area (Å²) >= 11 is 0. The van der Waals surface area contributed by atoms with E-state index in [1.807, 2.05) is 0 Å². The molecule has 3 atom stereocenters. The van der Waals surface area contributed by atoms with Gasteiger partial charge in [0.2, 0.25) is 0 Å². The molecule has 1 N–H and O–H groups in total. The van der Waals surface area contributed by atoms with Crippen LogP contribution in [0, 0.1) is 11.8 Å². The zero-order chi connectivity index (χ0) is 12.3. The molecule has 0 heterocycles. The smallest absolute Gasteiger partial charge is 0.0571 e. The molecule has 3 unspecified atom stereocenters. The molecule has 1 aromatic carbocycles. The van der Waals surface area contributed by atoms with Crippen molar-refractivity contribution >= 4 is 0 Å². The van der Waals surface area contributed by atoms with Crippen LogP contribution < -0.4 is 0 Å². The van der Waals surface area contributed by atoms with Crippen LogP contribution in [0.25, 0.3) is 0 Å². The Bertz CT molecular complexity index is 341. The van der Waals surface area contributed by atoms with Crippen molar-refractivity contribution in [2.45, 2.75) is 52.1 Å². The average molecular weight is 232 g/mol. The number of benzene rings is 1. The average Bonchev–Trinajstić information content (AvgIpc) is 2.35. The highest BCUT2D eigenvalue weighted by Gasteiger charge is 2.26. The van der Waals surface area contributed by atoms with Crippen molar-refractivity contribution in [1.29, 1.82) is 0 Å². The van der Waals surface area contributed by atoms with Gasteiger partial charge in [-0.05, 0) is 55.1 Å². The third-order valence-corrected chi connectivity index (χ3v) is 4.13. The highest BCUT2D eigenvalue weighted by Crippen LogP contribution is 2.31. The molecule has 1 aromatic rings. The Hall–Kier alpha value is -0.820. The second kappa shape index (κ2) is 5.68. The first-order valence-corrected chi connectivity index (χ1v) is 6.95. The molecule has 0 radical (unpaired) electrons. The Morgan fingerprint density at radius 2 is 1.76 bits per heavy atom. The minimum absolute atomic E-state index is 0.0861. The number of hydrogen-bond acceptors (Lipinski definition) is 1. The van der Waals surface area contributed by atoms with Gasteiger partial charge >= 0.3 is 0 Å². The van der Waals surface area contributed by atoms with Crippen molar-refractivity contribution in [2.24, 2.45) is 11.8 Å². The third-order valence-electron chi connectivity index (χ3n) is 4.13. The van der Waals surface area contributed by atoms with Gasteiger partial charge in [0.25, 0.3) is 0 Å². The molecule has 2 rings (SSSR count). The van der Waals surface area contributed by atoms with E-state index in [2.05, 4.69) is 38.1 Å². The van der Waals surface area contributed by atoms with Crippen LogP contribution in [-0.4, -0.2) is 11.2 Å². The molecule has 0 amide bonds. The molecule has 1 fully saturated rings. The fourth-order valence-electron chi connectivity index (χ4n) is 2.92. The molecular formula is C16H24O. The van der Waals surface area contributed by atoms with Crippen molar-refractivity contribution in [3.8, 4) is 0 Å². The third kappa shape index (κ3) is 3.32. The van der Waals surface area contributed by atoms with Crippen LogP contribution in [-0.2, 0) is 12.8 Å². The Morgan fingerprint density at radius 1 is 1.12 bits per heavy atom. The summed E-state index contributed by atoms with van der Waals surface area (Å²) in [6.45, 7) is 4.49. The predicted molar refractivity (Wildman–Crippen MR) is 72.0 cm³/mol. The van der Waals surface area contributed by atoms with Gasteiger partial charge in [-0.2, -0.15) is 0 Å². The second-order valence-corrected chi connectivity index (χ2v) is 5.62. The fraction of sp³-hybridized carbons (Fsp3) is 0.625. The normalized spacial score (nSPS) is 29.2. The monoisotopic (exact) mass is 232 g/mol. The van der Waals surface area contributed by atoms with Crippen LogP contribution in [0.1, 0.15) is 44.2 Å². The summed E-state index contributed by atoms with van der Waals surface area (Å²) < 4.78 is 0. The molecule has 94 valence electrons. The maximum Gasteiger partial charge on any atom is 0.0571 e. The summed E-state index contributed by atoms with van der Waals surface area (Å²) in [5.74, 6) is 1.24. The van der Waals surface area contributed by atoms with E-state index in [4.69, 9.17) is 0 Å². The Morgan fingerprint density at radius 3 is 2.41 bits per heavy atom. The van der Waals surface area contributed by atoms with Gasteiger partial charge in [-0.1, -0.05) is 38.1 Å². The molecule has 17 heavy (non-hydrogen) atoms. The second-order valence-electron chi connectivity index (χ2n) is 5.62. The Labute approximate surface area is 105 Å². The van der Waals surface area contributed by atoms with E-state index in [0.717, 1.165) is 25.2 Å². The van der Waals surface area contributed by atoms with Crippen LogP contribution in [0.3, 0.4) is 0 Å². The standard InChI is InChI=1S/C16H24O/c1-3-13-5-7-14(8-6-13)11-15-10-12(2)4-9-16(15)17/h5-8,12,15-17H,3-4,9-11H2,1-2H3. The number of hydrogen-bond donors (Lipinski definition) is 1. The van der Waals surface area contributed by atoms with E-state index in [1.54, 1.807) is 0 Å². The highest BCUT2D eigenvalue weighted by molar-refractivity contribution is 5.23. The quantitative estimate of drug-likeness (QED) is 0.844.